The first-order valence-corrected chi connectivity index (χ1v) is 10.5. The Labute approximate surface area is 177 Å². The molecule has 1 aliphatic heterocycles. The van der Waals surface area contributed by atoms with Gasteiger partial charge in [0.25, 0.3) is 0 Å². The number of ether oxygens (including phenoxy) is 2. The van der Waals surface area contributed by atoms with Crippen molar-refractivity contribution in [3.8, 4) is 5.75 Å². The van der Waals surface area contributed by atoms with Gasteiger partial charge >= 0.3 is 6.16 Å². The zero-order valence-electron chi connectivity index (χ0n) is 17.9. The van der Waals surface area contributed by atoms with Crippen molar-refractivity contribution in [3.63, 3.8) is 0 Å². The number of hydrogen-bond donors (Lipinski definition) is 1. The van der Waals surface area contributed by atoms with Gasteiger partial charge in [-0.1, -0.05) is 35.4 Å². The molecule has 2 aromatic carbocycles. The third-order valence-electron chi connectivity index (χ3n) is 6.21. The molecular weight excluding hydrogens is 378 g/mol. The molecule has 0 unspecified atom stereocenters. The fourth-order valence-electron chi connectivity index (χ4n) is 4.40. The monoisotopic (exact) mass is 407 g/mol. The van der Waals surface area contributed by atoms with E-state index in [0.717, 1.165) is 25.1 Å². The predicted molar refractivity (Wildman–Crippen MR) is 117 cm³/mol. The number of carboxylic acid groups (broad SMARTS) is 1. The molecule has 4 rings (SSSR count). The van der Waals surface area contributed by atoms with Crippen molar-refractivity contribution in [2.24, 2.45) is 0 Å². The van der Waals surface area contributed by atoms with Gasteiger partial charge in [0, 0.05) is 19.6 Å². The summed E-state index contributed by atoms with van der Waals surface area (Å²) in [5.74, 6) is 0.918. The molecule has 5 nitrogen and oxygen atoms in total. The normalized spacial score (nSPS) is 16.8. The van der Waals surface area contributed by atoms with Crippen LogP contribution in [0.15, 0.2) is 42.0 Å². The molecule has 1 saturated heterocycles. The minimum Gasteiger partial charge on any atom is -0.489 e. The molecule has 158 valence electrons. The van der Waals surface area contributed by atoms with E-state index in [2.05, 4.69) is 62.1 Å². The highest BCUT2D eigenvalue weighted by atomic mass is 16.7. The van der Waals surface area contributed by atoms with Gasteiger partial charge in [-0.3, -0.25) is 4.90 Å². The molecule has 0 radical (unpaired) electrons. The van der Waals surface area contributed by atoms with Gasteiger partial charge in [0.2, 0.25) is 0 Å². The average Bonchev–Trinajstić information content (AvgIpc) is 2.67. The van der Waals surface area contributed by atoms with Crippen LogP contribution in [0.4, 0.5) is 4.79 Å². The van der Waals surface area contributed by atoms with Crippen LogP contribution >= 0.6 is 0 Å². The van der Waals surface area contributed by atoms with E-state index < -0.39 is 6.16 Å². The summed E-state index contributed by atoms with van der Waals surface area (Å²) in [6.07, 6.45) is 0.666. The minimum absolute atomic E-state index is 0.184. The molecule has 0 bridgehead atoms. The Balaban J connectivity index is 1.39. The van der Waals surface area contributed by atoms with Crippen molar-refractivity contribution in [2.75, 3.05) is 19.6 Å². The fourth-order valence-corrected chi connectivity index (χ4v) is 4.40. The van der Waals surface area contributed by atoms with Crippen molar-refractivity contribution in [3.05, 3.63) is 69.8 Å². The highest BCUT2D eigenvalue weighted by molar-refractivity contribution is 5.72. The van der Waals surface area contributed by atoms with Gasteiger partial charge in [0.1, 0.15) is 18.5 Å². The summed E-state index contributed by atoms with van der Waals surface area (Å²) in [7, 11) is 0. The molecule has 0 saturated carbocycles. The van der Waals surface area contributed by atoms with E-state index in [4.69, 9.17) is 14.6 Å². The Hall–Kier alpha value is -2.79. The number of hydrogen-bond acceptors (Lipinski definition) is 4. The molecule has 5 heteroatoms. The summed E-state index contributed by atoms with van der Waals surface area (Å²) < 4.78 is 10.9. The molecule has 1 aliphatic carbocycles. The van der Waals surface area contributed by atoms with E-state index in [-0.39, 0.29) is 6.10 Å². The molecule has 0 aromatic heterocycles. The standard InChI is InChI=1S/C25H29NO4/c1-16-4-5-21(17(2)10-16)15-29-22-8-9-24-18(3)20(7-6-19(24)11-22)12-26-13-23(14-26)30-25(27)28/h4-5,8-11,23H,6-7,12-15H2,1-3H3,(H,27,28). The third kappa shape index (κ3) is 4.51. The molecule has 1 fully saturated rings. The lowest BCUT2D eigenvalue weighted by atomic mass is 9.85. The first-order chi connectivity index (χ1) is 14.4. The van der Waals surface area contributed by atoms with Crippen LogP contribution in [0, 0.1) is 13.8 Å². The zero-order valence-corrected chi connectivity index (χ0v) is 17.9. The zero-order chi connectivity index (χ0) is 21.3. The van der Waals surface area contributed by atoms with Gasteiger partial charge in [-0.15, -0.1) is 0 Å². The molecule has 2 aliphatic rings. The maximum Gasteiger partial charge on any atom is 0.506 e. The highest BCUT2D eigenvalue weighted by Crippen LogP contribution is 2.34. The van der Waals surface area contributed by atoms with Gasteiger partial charge in [0.15, 0.2) is 0 Å². The minimum atomic E-state index is -1.18. The predicted octanol–water partition coefficient (Wildman–Crippen LogP) is 4.98. The Kier molecular flexibility index (Phi) is 5.82. The second-order valence-corrected chi connectivity index (χ2v) is 8.47. The van der Waals surface area contributed by atoms with Crippen LogP contribution in [0.5, 0.6) is 5.75 Å². The number of likely N-dealkylation sites (tertiary alicyclic amines) is 1. The number of rotatable bonds is 6. The number of aryl methyl sites for hydroxylation is 3. The van der Waals surface area contributed by atoms with E-state index in [1.54, 1.807) is 0 Å². The van der Waals surface area contributed by atoms with Crippen LogP contribution in [0.3, 0.4) is 0 Å². The van der Waals surface area contributed by atoms with Crippen LogP contribution < -0.4 is 4.74 Å². The molecule has 0 amide bonds. The number of carbonyl (C=O) groups is 1. The summed E-state index contributed by atoms with van der Waals surface area (Å²) in [6.45, 7) is 9.25. The SMILES string of the molecule is CC1=C(CN2CC(OC(=O)O)C2)CCc2cc(OCc3ccc(C)cc3C)ccc21. The summed E-state index contributed by atoms with van der Waals surface area (Å²) in [5, 5.41) is 8.70. The Morgan fingerprint density at radius 3 is 2.63 bits per heavy atom. The molecular formula is C25H29NO4. The van der Waals surface area contributed by atoms with Gasteiger partial charge in [0.05, 0.1) is 0 Å². The topological polar surface area (TPSA) is 59.0 Å². The van der Waals surface area contributed by atoms with Gasteiger partial charge < -0.3 is 14.6 Å². The molecule has 1 N–H and O–H groups in total. The number of fused-ring (bicyclic) bond motifs is 1. The summed E-state index contributed by atoms with van der Waals surface area (Å²) in [6, 6.07) is 12.9. The molecule has 0 atom stereocenters. The van der Waals surface area contributed by atoms with Crippen molar-refractivity contribution in [2.45, 2.75) is 46.3 Å². The van der Waals surface area contributed by atoms with E-state index in [0.29, 0.717) is 19.7 Å². The molecule has 30 heavy (non-hydrogen) atoms. The van der Waals surface area contributed by atoms with Crippen molar-refractivity contribution >= 4 is 11.7 Å². The maximum atomic E-state index is 10.6. The van der Waals surface area contributed by atoms with E-state index in [1.165, 1.54) is 39.0 Å². The van der Waals surface area contributed by atoms with E-state index >= 15 is 0 Å². The van der Waals surface area contributed by atoms with E-state index in [9.17, 15) is 4.79 Å². The number of benzene rings is 2. The Bertz CT molecular complexity index is 989. The highest BCUT2D eigenvalue weighted by Gasteiger charge is 2.31. The quantitative estimate of drug-likeness (QED) is 0.685. The smallest absolute Gasteiger partial charge is 0.489 e. The first-order valence-electron chi connectivity index (χ1n) is 10.5. The second-order valence-electron chi connectivity index (χ2n) is 8.47. The molecule has 0 spiro atoms. The molecule has 2 aromatic rings. The summed E-state index contributed by atoms with van der Waals surface area (Å²) >= 11 is 0. The van der Waals surface area contributed by atoms with Gasteiger partial charge in [-0.2, -0.15) is 0 Å². The lowest BCUT2D eigenvalue weighted by Crippen LogP contribution is -2.53. The third-order valence-corrected chi connectivity index (χ3v) is 6.21. The first kappa shape index (κ1) is 20.5. The van der Waals surface area contributed by atoms with Crippen molar-refractivity contribution < 1.29 is 19.4 Å². The lowest BCUT2D eigenvalue weighted by Gasteiger charge is -2.39. The molecule has 1 heterocycles. The summed E-state index contributed by atoms with van der Waals surface area (Å²) in [5.41, 5.74) is 9.15. The van der Waals surface area contributed by atoms with E-state index in [1.807, 2.05) is 0 Å². The van der Waals surface area contributed by atoms with Gasteiger partial charge in [-0.05, 0) is 73.6 Å². The van der Waals surface area contributed by atoms with Crippen molar-refractivity contribution in [1.82, 2.24) is 4.90 Å². The van der Waals surface area contributed by atoms with Crippen LogP contribution in [0.25, 0.3) is 5.57 Å². The average molecular weight is 408 g/mol. The number of allylic oxidation sites excluding steroid dienone is 1. The lowest BCUT2D eigenvalue weighted by molar-refractivity contribution is -0.0292. The number of nitrogens with zero attached hydrogens (tertiary/aromatic N) is 1. The second kappa shape index (κ2) is 8.52. The van der Waals surface area contributed by atoms with Crippen LogP contribution in [0.1, 0.15) is 41.2 Å². The van der Waals surface area contributed by atoms with Gasteiger partial charge in [-0.25, -0.2) is 4.79 Å². The fraction of sp³-hybridized carbons (Fsp3) is 0.400. The van der Waals surface area contributed by atoms with Crippen LogP contribution in [-0.2, 0) is 17.8 Å². The van der Waals surface area contributed by atoms with Crippen LogP contribution in [0.2, 0.25) is 0 Å². The largest absolute Gasteiger partial charge is 0.506 e. The van der Waals surface area contributed by atoms with Crippen LogP contribution in [-0.4, -0.2) is 41.9 Å². The van der Waals surface area contributed by atoms with Crippen molar-refractivity contribution in [1.29, 1.82) is 0 Å². The Morgan fingerprint density at radius 2 is 1.90 bits per heavy atom. The summed E-state index contributed by atoms with van der Waals surface area (Å²) in [4.78, 5) is 12.9. The Morgan fingerprint density at radius 1 is 1.10 bits per heavy atom. The maximum absolute atomic E-state index is 10.6.